The van der Waals surface area contributed by atoms with Crippen molar-refractivity contribution in [2.24, 2.45) is 0 Å². The molecule has 0 radical (unpaired) electrons. The Morgan fingerprint density at radius 1 is 1.05 bits per heavy atom. The van der Waals surface area contributed by atoms with E-state index in [2.05, 4.69) is 5.32 Å². The molecule has 0 aromatic heterocycles. The van der Waals surface area contributed by atoms with E-state index in [9.17, 15) is 4.79 Å². The van der Waals surface area contributed by atoms with Crippen molar-refractivity contribution >= 4 is 28.9 Å². The molecule has 3 nitrogen and oxygen atoms in total. The Bertz CT molecular complexity index is 549. The van der Waals surface area contributed by atoms with Crippen LogP contribution in [0.4, 0.5) is 11.4 Å². The van der Waals surface area contributed by atoms with Crippen LogP contribution in [-0.4, -0.2) is 5.91 Å². The van der Waals surface area contributed by atoms with E-state index in [1.807, 2.05) is 24.3 Å². The molecule has 1 amide bonds. The van der Waals surface area contributed by atoms with E-state index in [0.717, 1.165) is 16.9 Å². The molecule has 0 saturated heterocycles. The summed E-state index contributed by atoms with van der Waals surface area (Å²) in [5.41, 5.74) is 8.19. The molecule has 0 unspecified atom stereocenters. The maximum absolute atomic E-state index is 11.8. The van der Waals surface area contributed by atoms with Crippen LogP contribution in [0.5, 0.6) is 0 Å². The smallest absolute Gasteiger partial charge is 0.224 e. The third-order valence-corrected chi connectivity index (χ3v) is 3.00. The molecule has 19 heavy (non-hydrogen) atoms. The number of hydrogen-bond donors (Lipinski definition) is 2. The van der Waals surface area contributed by atoms with E-state index in [1.165, 1.54) is 0 Å². The highest BCUT2D eigenvalue weighted by Crippen LogP contribution is 2.14. The van der Waals surface area contributed by atoms with Crippen LogP contribution in [0.15, 0.2) is 48.5 Å². The van der Waals surface area contributed by atoms with Crippen LogP contribution in [0.25, 0.3) is 0 Å². The fourth-order valence-electron chi connectivity index (χ4n) is 1.70. The number of benzene rings is 2. The summed E-state index contributed by atoms with van der Waals surface area (Å²) >= 11 is 5.78. The molecule has 0 aliphatic rings. The molecule has 0 aliphatic heterocycles. The monoisotopic (exact) mass is 274 g/mol. The van der Waals surface area contributed by atoms with Gasteiger partial charge >= 0.3 is 0 Å². The predicted molar refractivity (Wildman–Crippen MR) is 79.3 cm³/mol. The van der Waals surface area contributed by atoms with Gasteiger partial charge in [-0.15, -0.1) is 0 Å². The van der Waals surface area contributed by atoms with E-state index in [0.29, 0.717) is 17.9 Å². The minimum atomic E-state index is -0.0147. The summed E-state index contributed by atoms with van der Waals surface area (Å²) in [6, 6.07) is 14.6. The van der Waals surface area contributed by atoms with Crippen LogP contribution in [0, 0.1) is 0 Å². The molecule has 98 valence electrons. The summed E-state index contributed by atoms with van der Waals surface area (Å²) in [5, 5.41) is 3.48. The first kappa shape index (κ1) is 13.4. The number of rotatable bonds is 4. The highest BCUT2D eigenvalue weighted by atomic mass is 35.5. The number of amides is 1. The Morgan fingerprint density at radius 2 is 1.68 bits per heavy atom. The number of anilines is 2. The van der Waals surface area contributed by atoms with Gasteiger partial charge in [0.2, 0.25) is 5.91 Å². The Kier molecular flexibility index (Phi) is 4.42. The lowest BCUT2D eigenvalue weighted by molar-refractivity contribution is -0.116. The molecular formula is C15H15ClN2O. The van der Waals surface area contributed by atoms with Crippen LogP contribution in [-0.2, 0) is 11.2 Å². The van der Waals surface area contributed by atoms with Crippen LogP contribution in [0.1, 0.15) is 12.0 Å². The summed E-state index contributed by atoms with van der Waals surface area (Å²) in [6.45, 7) is 0. The zero-order valence-electron chi connectivity index (χ0n) is 10.4. The van der Waals surface area contributed by atoms with Crippen molar-refractivity contribution in [3.8, 4) is 0 Å². The number of nitrogen functional groups attached to an aromatic ring is 1. The first-order valence-corrected chi connectivity index (χ1v) is 6.41. The van der Waals surface area contributed by atoms with Crippen LogP contribution in [0.2, 0.25) is 5.02 Å². The largest absolute Gasteiger partial charge is 0.399 e. The number of carbonyl (C=O) groups is 1. The van der Waals surface area contributed by atoms with Crippen LogP contribution in [0.3, 0.4) is 0 Å². The molecular weight excluding hydrogens is 260 g/mol. The fraction of sp³-hybridized carbons (Fsp3) is 0.133. The number of nitrogens with two attached hydrogens (primary N) is 1. The van der Waals surface area contributed by atoms with Crippen molar-refractivity contribution in [2.45, 2.75) is 12.8 Å². The van der Waals surface area contributed by atoms with Crippen molar-refractivity contribution in [1.29, 1.82) is 0 Å². The van der Waals surface area contributed by atoms with E-state index in [1.54, 1.807) is 24.3 Å². The molecule has 0 saturated carbocycles. The summed E-state index contributed by atoms with van der Waals surface area (Å²) < 4.78 is 0. The molecule has 0 atom stereocenters. The van der Waals surface area contributed by atoms with Crippen molar-refractivity contribution in [3.05, 3.63) is 59.1 Å². The quantitative estimate of drug-likeness (QED) is 0.839. The Hall–Kier alpha value is -2.00. The zero-order chi connectivity index (χ0) is 13.7. The second kappa shape index (κ2) is 6.25. The Labute approximate surface area is 117 Å². The van der Waals surface area contributed by atoms with E-state index < -0.39 is 0 Å². The predicted octanol–water partition coefficient (Wildman–Crippen LogP) is 3.49. The maximum atomic E-state index is 11.8. The summed E-state index contributed by atoms with van der Waals surface area (Å²) in [5.74, 6) is -0.0147. The topological polar surface area (TPSA) is 55.1 Å². The van der Waals surface area contributed by atoms with Gasteiger partial charge < -0.3 is 11.1 Å². The van der Waals surface area contributed by atoms with Crippen molar-refractivity contribution in [1.82, 2.24) is 0 Å². The molecule has 2 aromatic carbocycles. The van der Waals surface area contributed by atoms with Gasteiger partial charge in [-0.3, -0.25) is 4.79 Å². The molecule has 0 fully saturated rings. The number of halogens is 1. The SMILES string of the molecule is Nc1ccc(CCC(=O)Nc2ccc(Cl)cc2)cc1. The number of nitrogens with one attached hydrogen (secondary N) is 1. The molecule has 3 N–H and O–H groups in total. The minimum Gasteiger partial charge on any atom is -0.399 e. The van der Waals surface area contributed by atoms with Crippen molar-refractivity contribution in [3.63, 3.8) is 0 Å². The van der Waals surface area contributed by atoms with Gasteiger partial charge in [-0.25, -0.2) is 0 Å². The second-order valence-corrected chi connectivity index (χ2v) is 4.73. The zero-order valence-corrected chi connectivity index (χ0v) is 11.2. The van der Waals surface area contributed by atoms with Gasteiger partial charge in [0.25, 0.3) is 0 Å². The lowest BCUT2D eigenvalue weighted by atomic mass is 10.1. The molecule has 0 spiro atoms. The first-order valence-electron chi connectivity index (χ1n) is 6.03. The normalized spacial score (nSPS) is 10.2. The highest BCUT2D eigenvalue weighted by Gasteiger charge is 2.03. The lowest BCUT2D eigenvalue weighted by Crippen LogP contribution is -2.12. The minimum absolute atomic E-state index is 0.0147. The molecule has 2 rings (SSSR count). The summed E-state index contributed by atoms with van der Waals surface area (Å²) in [6.07, 6.45) is 1.13. The van der Waals surface area contributed by atoms with Gasteiger partial charge in [-0.2, -0.15) is 0 Å². The number of hydrogen-bond acceptors (Lipinski definition) is 2. The first-order chi connectivity index (χ1) is 9.13. The molecule has 0 heterocycles. The summed E-state index contributed by atoms with van der Waals surface area (Å²) in [7, 11) is 0. The van der Waals surface area contributed by atoms with Crippen LogP contribution >= 0.6 is 11.6 Å². The highest BCUT2D eigenvalue weighted by molar-refractivity contribution is 6.30. The third-order valence-electron chi connectivity index (χ3n) is 2.75. The van der Waals surface area contributed by atoms with Crippen molar-refractivity contribution < 1.29 is 4.79 Å². The molecule has 0 aliphatic carbocycles. The Morgan fingerprint density at radius 3 is 2.32 bits per heavy atom. The van der Waals surface area contributed by atoms with Gasteiger partial charge in [-0.05, 0) is 48.4 Å². The van der Waals surface area contributed by atoms with E-state index >= 15 is 0 Å². The average molecular weight is 275 g/mol. The standard InChI is InChI=1S/C15H15ClN2O/c16-12-4-8-14(9-5-12)18-15(19)10-3-11-1-6-13(17)7-2-11/h1-2,4-9H,3,10,17H2,(H,18,19). The summed E-state index contributed by atoms with van der Waals surface area (Å²) in [4.78, 5) is 11.8. The van der Waals surface area contributed by atoms with Crippen LogP contribution < -0.4 is 11.1 Å². The van der Waals surface area contributed by atoms with Gasteiger partial charge in [0.05, 0.1) is 0 Å². The van der Waals surface area contributed by atoms with Crippen molar-refractivity contribution in [2.75, 3.05) is 11.1 Å². The molecule has 0 bridgehead atoms. The van der Waals surface area contributed by atoms with Gasteiger partial charge in [0.15, 0.2) is 0 Å². The van der Waals surface area contributed by atoms with E-state index in [4.69, 9.17) is 17.3 Å². The average Bonchev–Trinajstić information content (AvgIpc) is 2.41. The van der Waals surface area contributed by atoms with Gasteiger partial charge in [0, 0.05) is 22.8 Å². The van der Waals surface area contributed by atoms with E-state index in [-0.39, 0.29) is 5.91 Å². The fourth-order valence-corrected chi connectivity index (χ4v) is 1.82. The Balaban J connectivity index is 1.84. The lowest BCUT2D eigenvalue weighted by Gasteiger charge is -2.05. The van der Waals surface area contributed by atoms with Gasteiger partial charge in [-0.1, -0.05) is 23.7 Å². The molecule has 4 heteroatoms. The third kappa shape index (κ3) is 4.30. The maximum Gasteiger partial charge on any atom is 0.224 e. The van der Waals surface area contributed by atoms with Gasteiger partial charge in [0.1, 0.15) is 0 Å². The number of carbonyl (C=O) groups excluding carboxylic acids is 1. The molecule has 2 aromatic rings. The number of aryl methyl sites for hydroxylation is 1. The second-order valence-electron chi connectivity index (χ2n) is 4.30.